The van der Waals surface area contributed by atoms with Crippen LogP contribution in [0.15, 0.2) is 0 Å². The Morgan fingerprint density at radius 3 is 1.23 bits per heavy atom. The summed E-state index contributed by atoms with van der Waals surface area (Å²) >= 11 is 0. The molecule has 0 amide bonds. The lowest BCUT2D eigenvalue weighted by molar-refractivity contribution is 0.321. The summed E-state index contributed by atoms with van der Waals surface area (Å²) in [5.74, 6) is 0. The summed E-state index contributed by atoms with van der Waals surface area (Å²) in [6.07, 6.45) is 5.12. The molecule has 0 aliphatic heterocycles. The summed E-state index contributed by atoms with van der Waals surface area (Å²) in [6, 6.07) is 0. The van der Waals surface area contributed by atoms with Gasteiger partial charge < -0.3 is 4.90 Å². The number of nitrogens with zero attached hydrogens (tertiary/aromatic N) is 1. The third-order valence-corrected chi connectivity index (χ3v) is 2.64. The summed E-state index contributed by atoms with van der Waals surface area (Å²) in [5.41, 5.74) is 2.74. The molecule has 0 N–H and O–H groups in total. The zero-order chi connectivity index (χ0) is 10.9. The van der Waals surface area contributed by atoms with Crippen LogP contribution in [0.25, 0.3) is 0 Å². The van der Waals surface area contributed by atoms with Gasteiger partial charge in [-0.2, -0.15) is 0 Å². The lowest BCUT2D eigenvalue weighted by atomic mass is 10.5. The van der Waals surface area contributed by atoms with Crippen molar-refractivity contribution in [3.63, 3.8) is 0 Å². The lowest BCUT2D eigenvalue weighted by Gasteiger charge is -2.13. The Kier molecular flexibility index (Phi) is 9.76. The van der Waals surface area contributed by atoms with Crippen molar-refractivity contribution in [2.24, 2.45) is 0 Å². The van der Waals surface area contributed by atoms with Crippen molar-refractivity contribution in [2.75, 3.05) is 19.6 Å². The van der Waals surface area contributed by atoms with Gasteiger partial charge in [-0.1, -0.05) is 40.4 Å². The quantitative estimate of drug-likeness (QED) is 0.499. The van der Waals surface area contributed by atoms with Crippen LogP contribution in [-0.2, 0) is 0 Å². The highest BCUT2D eigenvalue weighted by molar-refractivity contribution is 6.83. The monoisotopic (exact) mass is 199 g/mol. The van der Waals surface area contributed by atoms with E-state index in [2.05, 4.69) is 50.9 Å². The zero-order valence-electron chi connectivity index (χ0n) is 10.1. The molecule has 0 atom stereocenters. The summed E-state index contributed by atoms with van der Waals surface area (Å²) < 4.78 is 0. The molecule has 2 heteroatoms. The van der Waals surface area contributed by atoms with E-state index in [9.17, 15) is 0 Å². The van der Waals surface area contributed by atoms with Crippen molar-refractivity contribution in [3.8, 4) is 12.0 Å². The Morgan fingerprint density at radius 1 is 1.00 bits per heavy atom. The van der Waals surface area contributed by atoms with Crippen LogP contribution >= 0.6 is 0 Å². The molecule has 0 heterocycles. The SMILES string of the molecule is C#C[Si](C)(C)C.CCN(CC)CC. The van der Waals surface area contributed by atoms with Crippen LogP contribution in [0.5, 0.6) is 0 Å². The van der Waals surface area contributed by atoms with E-state index in [0.29, 0.717) is 0 Å². The molecule has 0 saturated heterocycles. The number of hydrogen-bond acceptors (Lipinski definition) is 1. The molecular weight excluding hydrogens is 174 g/mol. The topological polar surface area (TPSA) is 3.24 Å². The van der Waals surface area contributed by atoms with E-state index in [1.165, 1.54) is 19.6 Å². The van der Waals surface area contributed by atoms with Gasteiger partial charge in [-0.3, -0.25) is 0 Å². The second kappa shape index (κ2) is 8.34. The Bertz CT molecular complexity index is 132. The maximum atomic E-state index is 5.12. The van der Waals surface area contributed by atoms with Gasteiger partial charge in [-0.05, 0) is 19.6 Å². The van der Waals surface area contributed by atoms with Crippen molar-refractivity contribution in [2.45, 2.75) is 40.4 Å². The summed E-state index contributed by atoms with van der Waals surface area (Å²) in [7, 11) is -1.10. The highest BCUT2D eigenvalue weighted by atomic mass is 28.3. The largest absolute Gasteiger partial charge is 0.304 e. The highest BCUT2D eigenvalue weighted by Crippen LogP contribution is 1.94. The molecule has 0 aliphatic rings. The Morgan fingerprint density at radius 2 is 1.23 bits per heavy atom. The first kappa shape index (κ1) is 15.2. The van der Waals surface area contributed by atoms with Gasteiger partial charge in [-0.15, -0.1) is 12.0 Å². The van der Waals surface area contributed by atoms with E-state index in [-0.39, 0.29) is 0 Å². The number of rotatable bonds is 3. The zero-order valence-corrected chi connectivity index (χ0v) is 11.1. The first-order valence-corrected chi connectivity index (χ1v) is 8.61. The molecule has 0 unspecified atom stereocenters. The van der Waals surface area contributed by atoms with Crippen LogP contribution in [0.3, 0.4) is 0 Å². The van der Waals surface area contributed by atoms with Crippen molar-refractivity contribution < 1.29 is 0 Å². The molecule has 0 saturated carbocycles. The minimum absolute atomic E-state index is 1.10. The smallest absolute Gasteiger partial charge is 0.128 e. The normalized spacial score (nSPS) is 10.3. The van der Waals surface area contributed by atoms with Gasteiger partial charge in [0.2, 0.25) is 0 Å². The summed E-state index contributed by atoms with van der Waals surface area (Å²) in [6.45, 7) is 16.6. The minimum Gasteiger partial charge on any atom is -0.304 e. The Balaban J connectivity index is 0. The molecule has 1 nitrogen and oxygen atoms in total. The highest BCUT2D eigenvalue weighted by Gasteiger charge is 2.05. The third kappa shape index (κ3) is 14.6. The van der Waals surface area contributed by atoms with Gasteiger partial charge in [0, 0.05) is 0 Å². The molecule has 0 spiro atoms. The molecule has 78 valence electrons. The molecule has 0 aliphatic carbocycles. The fraction of sp³-hybridized carbons (Fsp3) is 0.818. The molecule has 0 rings (SSSR count). The van der Waals surface area contributed by atoms with Gasteiger partial charge in [-0.25, -0.2) is 0 Å². The molecule has 0 aromatic heterocycles. The van der Waals surface area contributed by atoms with E-state index >= 15 is 0 Å². The predicted molar refractivity (Wildman–Crippen MR) is 65.6 cm³/mol. The van der Waals surface area contributed by atoms with E-state index in [1.54, 1.807) is 0 Å². The molecule has 0 aromatic rings. The van der Waals surface area contributed by atoms with Gasteiger partial charge in [0.1, 0.15) is 8.07 Å². The molecule has 0 radical (unpaired) electrons. The van der Waals surface area contributed by atoms with E-state index in [0.717, 1.165) is 0 Å². The average molecular weight is 199 g/mol. The second-order valence-corrected chi connectivity index (χ2v) is 8.80. The van der Waals surface area contributed by atoms with Crippen LogP contribution in [0.1, 0.15) is 20.8 Å². The van der Waals surface area contributed by atoms with E-state index in [1.807, 2.05) is 0 Å². The van der Waals surface area contributed by atoms with Gasteiger partial charge in [0.25, 0.3) is 0 Å². The lowest BCUT2D eigenvalue weighted by Crippen LogP contribution is -2.21. The minimum atomic E-state index is -1.10. The first-order valence-electron chi connectivity index (χ1n) is 5.11. The van der Waals surface area contributed by atoms with Gasteiger partial charge in [0.05, 0.1) is 0 Å². The van der Waals surface area contributed by atoms with Crippen molar-refractivity contribution in [1.29, 1.82) is 0 Å². The van der Waals surface area contributed by atoms with E-state index in [4.69, 9.17) is 6.42 Å². The summed E-state index contributed by atoms with van der Waals surface area (Å²) in [5, 5.41) is 0. The standard InChI is InChI=1S/C6H15N.C5H10Si/c1-4-7(5-2)6-3;1-5-6(2,3)4/h4-6H2,1-3H3;1H,2-4H3. The van der Waals surface area contributed by atoms with Crippen molar-refractivity contribution in [1.82, 2.24) is 4.90 Å². The fourth-order valence-electron chi connectivity index (χ4n) is 0.671. The average Bonchev–Trinajstić information content (AvgIpc) is 2.07. The molecule has 13 heavy (non-hydrogen) atoms. The fourth-order valence-corrected chi connectivity index (χ4v) is 0.671. The van der Waals surface area contributed by atoms with Crippen LogP contribution in [-0.4, -0.2) is 32.6 Å². The molecular formula is C11H25NSi. The number of terminal acetylenes is 1. The Hall–Kier alpha value is -0.263. The van der Waals surface area contributed by atoms with Crippen LogP contribution in [0, 0.1) is 12.0 Å². The first-order chi connectivity index (χ1) is 5.91. The van der Waals surface area contributed by atoms with Crippen LogP contribution in [0.2, 0.25) is 19.6 Å². The predicted octanol–water partition coefficient (Wildman–Crippen LogP) is 2.85. The van der Waals surface area contributed by atoms with Gasteiger partial charge in [0.15, 0.2) is 0 Å². The summed E-state index contributed by atoms with van der Waals surface area (Å²) in [4.78, 5) is 2.38. The maximum Gasteiger partial charge on any atom is 0.128 e. The van der Waals surface area contributed by atoms with Crippen molar-refractivity contribution >= 4 is 8.07 Å². The Labute approximate surface area is 85.5 Å². The van der Waals surface area contributed by atoms with E-state index < -0.39 is 8.07 Å². The number of hydrogen-bond donors (Lipinski definition) is 0. The van der Waals surface area contributed by atoms with Crippen LogP contribution in [0.4, 0.5) is 0 Å². The van der Waals surface area contributed by atoms with Gasteiger partial charge >= 0.3 is 0 Å². The molecule has 0 fully saturated rings. The van der Waals surface area contributed by atoms with Crippen LogP contribution < -0.4 is 0 Å². The molecule has 0 aromatic carbocycles. The second-order valence-electron chi connectivity index (χ2n) is 4.01. The maximum absolute atomic E-state index is 5.12. The third-order valence-electron chi connectivity index (χ3n) is 1.77. The van der Waals surface area contributed by atoms with Crippen molar-refractivity contribution in [3.05, 3.63) is 0 Å². The molecule has 0 bridgehead atoms.